The fraction of sp³-hybridized carbons (Fsp3) is 0.318. The van der Waals surface area contributed by atoms with E-state index < -0.39 is 10.0 Å². The first-order chi connectivity index (χ1) is 13.9. The van der Waals surface area contributed by atoms with Gasteiger partial charge < -0.3 is 9.72 Å². The molecule has 29 heavy (non-hydrogen) atoms. The second-order valence-electron chi connectivity index (χ2n) is 7.18. The van der Waals surface area contributed by atoms with Crippen LogP contribution in [0.4, 0.5) is 5.69 Å². The minimum absolute atomic E-state index is 0.127. The second kappa shape index (κ2) is 7.55. The van der Waals surface area contributed by atoms with Gasteiger partial charge in [0.15, 0.2) is 5.78 Å². The monoisotopic (exact) mass is 412 g/mol. The van der Waals surface area contributed by atoms with E-state index in [1.54, 1.807) is 30.3 Å². The molecule has 7 heteroatoms. The summed E-state index contributed by atoms with van der Waals surface area (Å²) in [5.41, 5.74) is 3.49. The molecule has 2 aromatic carbocycles. The van der Waals surface area contributed by atoms with Crippen LogP contribution in [0.15, 0.2) is 41.3 Å². The highest BCUT2D eigenvalue weighted by molar-refractivity contribution is 7.92. The van der Waals surface area contributed by atoms with E-state index in [0.717, 1.165) is 29.5 Å². The molecule has 0 aliphatic heterocycles. The Balaban J connectivity index is 1.74. The molecule has 0 bridgehead atoms. The van der Waals surface area contributed by atoms with Gasteiger partial charge in [-0.3, -0.25) is 9.52 Å². The zero-order valence-electron chi connectivity index (χ0n) is 16.5. The molecule has 0 saturated carbocycles. The summed E-state index contributed by atoms with van der Waals surface area (Å²) in [6.45, 7) is 4.36. The third kappa shape index (κ3) is 3.62. The number of carbonyl (C=O) groups excluding carboxylic acids is 1. The zero-order valence-corrected chi connectivity index (χ0v) is 17.4. The van der Waals surface area contributed by atoms with Crippen LogP contribution in [0.2, 0.25) is 0 Å². The van der Waals surface area contributed by atoms with Crippen molar-refractivity contribution in [3.8, 4) is 5.75 Å². The maximum absolute atomic E-state index is 13.1. The minimum atomic E-state index is -3.78. The molecule has 6 nitrogen and oxygen atoms in total. The summed E-state index contributed by atoms with van der Waals surface area (Å²) in [5.74, 6) is 0.815. The molecule has 0 amide bonds. The number of hydrogen-bond donors (Lipinski definition) is 2. The first-order valence-corrected chi connectivity index (χ1v) is 11.4. The van der Waals surface area contributed by atoms with Gasteiger partial charge in [0.1, 0.15) is 5.75 Å². The highest BCUT2D eigenvalue weighted by atomic mass is 32.2. The van der Waals surface area contributed by atoms with Crippen molar-refractivity contribution in [3.63, 3.8) is 0 Å². The van der Waals surface area contributed by atoms with E-state index in [9.17, 15) is 13.2 Å². The molecule has 0 radical (unpaired) electrons. The molecule has 0 saturated heterocycles. The molecule has 152 valence electrons. The Kier molecular flexibility index (Phi) is 5.08. The first kappa shape index (κ1) is 19.5. The minimum Gasteiger partial charge on any atom is -0.494 e. The molecule has 2 N–H and O–H groups in total. The summed E-state index contributed by atoms with van der Waals surface area (Å²) in [5, 5.41) is 0.821. The number of sulfonamides is 1. The Hall–Kier alpha value is -2.80. The van der Waals surface area contributed by atoms with E-state index in [2.05, 4.69) is 9.71 Å². The number of aromatic nitrogens is 1. The van der Waals surface area contributed by atoms with E-state index in [4.69, 9.17) is 4.74 Å². The van der Waals surface area contributed by atoms with Gasteiger partial charge in [-0.1, -0.05) is 6.92 Å². The fourth-order valence-corrected chi connectivity index (χ4v) is 5.28. The molecule has 0 fully saturated rings. The number of fused-ring (bicyclic) bond motifs is 3. The number of nitrogens with one attached hydrogen (secondary N) is 2. The molecule has 0 spiro atoms. The van der Waals surface area contributed by atoms with Gasteiger partial charge in [-0.15, -0.1) is 0 Å². The van der Waals surface area contributed by atoms with Crippen LogP contribution in [-0.2, 0) is 22.9 Å². The Morgan fingerprint density at radius 1 is 1.10 bits per heavy atom. The summed E-state index contributed by atoms with van der Waals surface area (Å²) in [4.78, 5) is 15.9. The highest BCUT2D eigenvalue weighted by Gasteiger charge is 2.26. The average Bonchev–Trinajstić information content (AvgIpc) is 3.07. The number of rotatable bonds is 6. The summed E-state index contributed by atoms with van der Waals surface area (Å²) in [7, 11) is -3.78. The van der Waals surface area contributed by atoms with Crippen molar-refractivity contribution in [1.29, 1.82) is 0 Å². The largest absolute Gasteiger partial charge is 0.494 e. The van der Waals surface area contributed by atoms with Gasteiger partial charge in [-0.25, -0.2) is 8.42 Å². The van der Waals surface area contributed by atoms with E-state index >= 15 is 0 Å². The Labute approximate surface area is 170 Å². The number of ether oxygens (including phenoxy) is 1. The van der Waals surface area contributed by atoms with Gasteiger partial charge in [-0.05, 0) is 68.1 Å². The first-order valence-electron chi connectivity index (χ1n) is 9.89. The van der Waals surface area contributed by atoms with E-state index in [1.807, 2.05) is 19.9 Å². The van der Waals surface area contributed by atoms with Crippen molar-refractivity contribution >= 4 is 32.4 Å². The molecular formula is C22H24N2O4S. The zero-order chi connectivity index (χ0) is 20.6. The van der Waals surface area contributed by atoms with Crippen molar-refractivity contribution in [1.82, 2.24) is 4.98 Å². The predicted molar refractivity (Wildman–Crippen MR) is 113 cm³/mol. The number of ketones is 1. The van der Waals surface area contributed by atoms with E-state index in [1.165, 1.54) is 0 Å². The van der Waals surface area contributed by atoms with Crippen LogP contribution < -0.4 is 9.46 Å². The molecule has 1 aliphatic rings. The molecule has 3 aromatic rings. The third-order valence-corrected chi connectivity index (χ3v) is 6.72. The predicted octanol–water partition coefficient (Wildman–Crippen LogP) is 4.45. The summed E-state index contributed by atoms with van der Waals surface area (Å²) in [6, 6.07) is 10.3. The normalized spacial score (nSPS) is 14.1. The smallest absolute Gasteiger partial charge is 0.262 e. The number of aryl methyl sites for hydroxylation is 2. The summed E-state index contributed by atoms with van der Waals surface area (Å²) >= 11 is 0. The average molecular weight is 413 g/mol. The number of benzene rings is 2. The van der Waals surface area contributed by atoms with Gasteiger partial charge >= 0.3 is 0 Å². The van der Waals surface area contributed by atoms with Crippen LogP contribution in [0.1, 0.15) is 48.3 Å². The van der Waals surface area contributed by atoms with Crippen molar-refractivity contribution in [2.45, 2.75) is 44.4 Å². The van der Waals surface area contributed by atoms with Crippen molar-refractivity contribution in [3.05, 3.63) is 53.2 Å². The number of H-pyrrole nitrogens is 1. The Bertz CT molecular complexity index is 1180. The van der Waals surface area contributed by atoms with Gasteiger partial charge in [0.25, 0.3) is 10.0 Å². The topological polar surface area (TPSA) is 88.3 Å². The lowest BCUT2D eigenvalue weighted by Crippen LogP contribution is -2.15. The lowest BCUT2D eigenvalue weighted by Gasteiger charge is -2.13. The molecule has 1 heterocycles. The molecule has 1 aromatic heterocycles. The number of Topliss-reactive ketones (excluding diaryl/α,β-unsaturated/α-hetero) is 1. The maximum Gasteiger partial charge on any atom is 0.262 e. The lowest BCUT2D eigenvalue weighted by atomic mass is 9.94. The van der Waals surface area contributed by atoms with Crippen LogP contribution in [0.3, 0.4) is 0 Å². The number of hydrogen-bond acceptors (Lipinski definition) is 4. The number of aromatic amines is 1. The number of anilines is 1. The Morgan fingerprint density at radius 3 is 2.55 bits per heavy atom. The van der Waals surface area contributed by atoms with Crippen molar-refractivity contribution in [2.75, 3.05) is 11.3 Å². The number of carbonyl (C=O) groups is 1. The Morgan fingerprint density at radius 2 is 1.86 bits per heavy atom. The summed E-state index contributed by atoms with van der Waals surface area (Å²) < 4.78 is 34.3. The van der Waals surface area contributed by atoms with Gasteiger partial charge in [0, 0.05) is 34.3 Å². The van der Waals surface area contributed by atoms with E-state index in [0.29, 0.717) is 42.0 Å². The van der Waals surface area contributed by atoms with Crippen LogP contribution >= 0.6 is 0 Å². The molecular weight excluding hydrogens is 388 g/mol. The van der Waals surface area contributed by atoms with Crippen LogP contribution in [-0.4, -0.2) is 25.8 Å². The standard InChI is InChI=1S/C22H24N2O4S/c1-3-14-12-17-19(23-18-6-5-7-20(25)22(17)18)13-21(14)29(26,27)24-15-8-10-16(11-9-15)28-4-2/h8-13,23-24H,3-7H2,1-2H3. The third-order valence-electron chi connectivity index (χ3n) is 5.25. The fourth-order valence-electron chi connectivity index (χ4n) is 3.90. The van der Waals surface area contributed by atoms with Gasteiger partial charge in [0.05, 0.1) is 11.5 Å². The maximum atomic E-state index is 13.1. The van der Waals surface area contributed by atoms with Crippen LogP contribution in [0.25, 0.3) is 10.9 Å². The van der Waals surface area contributed by atoms with Crippen molar-refractivity contribution in [2.24, 2.45) is 0 Å². The molecule has 0 atom stereocenters. The highest BCUT2D eigenvalue weighted by Crippen LogP contribution is 2.33. The van der Waals surface area contributed by atoms with Crippen molar-refractivity contribution < 1.29 is 17.9 Å². The lowest BCUT2D eigenvalue weighted by molar-refractivity contribution is 0.0974. The molecule has 4 rings (SSSR count). The molecule has 1 aliphatic carbocycles. The SMILES string of the molecule is CCOc1ccc(NS(=O)(=O)c2cc3[nH]c4c(c3cc2CC)C(=O)CCC4)cc1. The van der Waals surface area contributed by atoms with Gasteiger partial charge in [-0.2, -0.15) is 0 Å². The van der Waals surface area contributed by atoms with Crippen LogP contribution in [0.5, 0.6) is 5.75 Å². The quantitative estimate of drug-likeness (QED) is 0.626. The molecule has 0 unspecified atom stereocenters. The summed E-state index contributed by atoms with van der Waals surface area (Å²) in [6.07, 6.45) is 2.72. The van der Waals surface area contributed by atoms with Gasteiger partial charge in [0.2, 0.25) is 0 Å². The van der Waals surface area contributed by atoms with Crippen LogP contribution in [0, 0.1) is 0 Å². The van der Waals surface area contributed by atoms with E-state index in [-0.39, 0.29) is 10.7 Å². The second-order valence-corrected chi connectivity index (χ2v) is 8.83.